The topological polar surface area (TPSA) is 64.5 Å². The van der Waals surface area contributed by atoms with E-state index in [2.05, 4.69) is 9.97 Å². The van der Waals surface area contributed by atoms with Crippen LogP contribution in [0, 0.1) is 5.92 Å². The molecule has 1 unspecified atom stereocenters. The third-order valence-corrected chi connectivity index (χ3v) is 3.01. The van der Waals surface area contributed by atoms with Gasteiger partial charge in [-0.25, -0.2) is 4.98 Å². The molecule has 0 saturated heterocycles. The summed E-state index contributed by atoms with van der Waals surface area (Å²) in [5, 5.41) is 10.4. The summed E-state index contributed by atoms with van der Waals surface area (Å²) >= 11 is 0. The molecule has 1 atom stereocenters. The van der Waals surface area contributed by atoms with E-state index in [0.717, 1.165) is 0 Å². The minimum Gasteiger partial charge on any atom is -0.480 e. The second-order valence-corrected chi connectivity index (χ2v) is 4.69. The highest BCUT2D eigenvalue weighted by atomic mass is 16.5. The second-order valence-electron chi connectivity index (χ2n) is 4.69. The monoisotopic (exact) mass is 238 g/mol. The van der Waals surface area contributed by atoms with Crippen molar-refractivity contribution in [2.75, 3.05) is 14.2 Å². The van der Waals surface area contributed by atoms with E-state index < -0.39 is 5.60 Å². The van der Waals surface area contributed by atoms with Crippen molar-refractivity contribution in [3.63, 3.8) is 0 Å². The molecule has 0 bridgehead atoms. The van der Waals surface area contributed by atoms with Crippen LogP contribution in [0.5, 0.6) is 11.8 Å². The van der Waals surface area contributed by atoms with Crippen molar-refractivity contribution in [2.45, 2.75) is 31.8 Å². The van der Waals surface area contributed by atoms with Crippen LogP contribution >= 0.6 is 0 Å². The second kappa shape index (κ2) is 4.49. The fourth-order valence-electron chi connectivity index (χ4n) is 1.95. The molecule has 5 heteroatoms. The summed E-state index contributed by atoms with van der Waals surface area (Å²) in [6, 6.07) is 0. The Balaban J connectivity index is 2.28. The molecule has 1 fully saturated rings. The number of aliphatic hydroxyl groups is 1. The molecule has 94 valence electrons. The highest BCUT2D eigenvalue weighted by molar-refractivity contribution is 5.27. The molecule has 0 aliphatic heterocycles. The van der Waals surface area contributed by atoms with Gasteiger partial charge in [0.2, 0.25) is 11.8 Å². The molecule has 2 rings (SSSR count). The van der Waals surface area contributed by atoms with Crippen LogP contribution in [0.4, 0.5) is 0 Å². The Kier molecular flexibility index (Phi) is 3.19. The number of hydrogen-bond acceptors (Lipinski definition) is 5. The minimum atomic E-state index is -0.994. The average Bonchev–Trinajstić information content (AvgIpc) is 3.11. The first kappa shape index (κ1) is 12.1. The molecular formula is C12H18N2O3. The van der Waals surface area contributed by atoms with E-state index >= 15 is 0 Å². The average molecular weight is 238 g/mol. The molecule has 1 aliphatic carbocycles. The van der Waals surface area contributed by atoms with Gasteiger partial charge in [-0.2, -0.15) is 4.98 Å². The smallest absolute Gasteiger partial charge is 0.241 e. The fourth-order valence-corrected chi connectivity index (χ4v) is 1.95. The lowest BCUT2D eigenvalue weighted by molar-refractivity contribution is 0.0338. The van der Waals surface area contributed by atoms with Crippen molar-refractivity contribution in [3.8, 4) is 11.8 Å². The number of rotatable bonds is 5. The summed E-state index contributed by atoms with van der Waals surface area (Å²) < 4.78 is 10.1. The lowest BCUT2D eigenvalue weighted by atomic mass is 9.95. The van der Waals surface area contributed by atoms with Crippen LogP contribution in [0.15, 0.2) is 6.20 Å². The van der Waals surface area contributed by atoms with Crippen LogP contribution < -0.4 is 9.47 Å². The van der Waals surface area contributed by atoms with Gasteiger partial charge in [0, 0.05) is 0 Å². The maximum atomic E-state index is 10.4. The van der Waals surface area contributed by atoms with Crippen LogP contribution in [0.2, 0.25) is 0 Å². The summed E-state index contributed by atoms with van der Waals surface area (Å²) in [6.07, 6.45) is 4.56. The van der Waals surface area contributed by atoms with Gasteiger partial charge in [-0.15, -0.1) is 0 Å². The molecule has 5 nitrogen and oxygen atoms in total. The number of aromatic nitrogens is 2. The Bertz CT molecular complexity index is 403. The highest BCUT2D eigenvalue weighted by Gasteiger charge is 2.36. The van der Waals surface area contributed by atoms with E-state index in [1.807, 2.05) is 0 Å². The van der Waals surface area contributed by atoms with Crippen molar-refractivity contribution in [2.24, 2.45) is 5.92 Å². The molecule has 0 spiro atoms. The maximum Gasteiger partial charge on any atom is 0.241 e. The largest absolute Gasteiger partial charge is 0.480 e. The van der Waals surface area contributed by atoms with Gasteiger partial charge in [0.15, 0.2) is 0 Å². The summed E-state index contributed by atoms with van der Waals surface area (Å²) in [5.41, 5.74) is -0.515. The standard InChI is InChI=1S/C12H18N2O3/c1-12(15,6-8-4-5-8)10-11(17-3)14-9(16-2)7-13-10/h7-8,15H,4-6H2,1-3H3. The van der Waals surface area contributed by atoms with Gasteiger partial charge < -0.3 is 14.6 Å². The van der Waals surface area contributed by atoms with E-state index in [1.54, 1.807) is 6.92 Å². The van der Waals surface area contributed by atoms with E-state index in [9.17, 15) is 5.11 Å². The zero-order valence-corrected chi connectivity index (χ0v) is 10.4. The van der Waals surface area contributed by atoms with Crippen LogP contribution in [-0.4, -0.2) is 29.3 Å². The lowest BCUT2D eigenvalue weighted by Crippen LogP contribution is -2.25. The Morgan fingerprint density at radius 2 is 2.12 bits per heavy atom. The van der Waals surface area contributed by atoms with Gasteiger partial charge in [0.05, 0.1) is 20.4 Å². The van der Waals surface area contributed by atoms with Crippen molar-refractivity contribution < 1.29 is 14.6 Å². The molecular weight excluding hydrogens is 220 g/mol. The van der Waals surface area contributed by atoms with Crippen molar-refractivity contribution in [1.82, 2.24) is 9.97 Å². The van der Waals surface area contributed by atoms with E-state index in [-0.39, 0.29) is 0 Å². The third-order valence-electron chi connectivity index (χ3n) is 3.01. The van der Waals surface area contributed by atoms with Crippen molar-refractivity contribution >= 4 is 0 Å². The number of hydrogen-bond donors (Lipinski definition) is 1. The molecule has 1 aliphatic rings. The Morgan fingerprint density at radius 3 is 2.65 bits per heavy atom. The van der Waals surface area contributed by atoms with Crippen LogP contribution in [-0.2, 0) is 5.60 Å². The van der Waals surface area contributed by atoms with E-state index in [4.69, 9.17) is 9.47 Å². The van der Waals surface area contributed by atoms with Gasteiger partial charge in [-0.3, -0.25) is 0 Å². The summed E-state index contributed by atoms with van der Waals surface area (Å²) in [4.78, 5) is 8.35. The predicted molar refractivity (Wildman–Crippen MR) is 62.0 cm³/mol. The molecule has 0 aromatic carbocycles. The number of nitrogens with zero attached hydrogens (tertiary/aromatic N) is 2. The van der Waals surface area contributed by atoms with Gasteiger partial charge in [0.1, 0.15) is 11.3 Å². The molecule has 1 saturated carbocycles. The van der Waals surface area contributed by atoms with Crippen molar-refractivity contribution in [3.05, 3.63) is 11.9 Å². The van der Waals surface area contributed by atoms with Crippen molar-refractivity contribution in [1.29, 1.82) is 0 Å². The maximum absolute atomic E-state index is 10.4. The SMILES string of the molecule is COc1cnc(C(C)(O)CC2CC2)c(OC)n1. The minimum absolute atomic E-state index is 0.329. The van der Waals surface area contributed by atoms with E-state index in [1.165, 1.54) is 33.3 Å². The molecule has 1 aromatic rings. The Labute approximate surface area is 101 Å². The lowest BCUT2D eigenvalue weighted by Gasteiger charge is -2.23. The summed E-state index contributed by atoms with van der Waals surface area (Å²) in [5.74, 6) is 1.31. The molecule has 1 N–H and O–H groups in total. The number of ether oxygens (including phenoxy) is 2. The highest BCUT2D eigenvalue weighted by Crippen LogP contribution is 2.41. The first-order valence-corrected chi connectivity index (χ1v) is 5.74. The number of methoxy groups -OCH3 is 2. The Hall–Kier alpha value is -1.36. The molecule has 1 heterocycles. The van der Waals surface area contributed by atoms with Gasteiger partial charge in [0.25, 0.3) is 0 Å². The first-order chi connectivity index (χ1) is 8.06. The van der Waals surface area contributed by atoms with E-state index in [0.29, 0.717) is 29.8 Å². The quantitative estimate of drug-likeness (QED) is 0.842. The van der Waals surface area contributed by atoms with Gasteiger partial charge in [-0.1, -0.05) is 12.8 Å². The van der Waals surface area contributed by atoms with Crippen LogP contribution in [0.3, 0.4) is 0 Å². The third kappa shape index (κ3) is 2.66. The molecule has 1 aromatic heterocycles. The Morgan fingerprint density at radius 1 is 1.41 bits per heavy atom. The molecule has 0 radical (unpaired) electrons. The van der Waals surface area contributed by atoms with Crippen LogP contribution in [0.25, 0.3) is 0 Å². The normalized spacial score (nSPS) is 18.6. The summed E-state index contributed by atoms with van der Waals surface area (Å²) in [6.45, 7) is 1.75. The summed E-state index contributed by atoms with van der Waals surface area (Å²) in [7, 11) is 3.03. The first-order valence-electron chi connectivity index (χ1n) is 5.74. The molecule has 17 heavy (non-hydrogen) atoms. The van der Waals surface area contributed by atoms with Gasteiger partial charge in [-0.05, 0) is 19.3 Å². The predicted octanol–water partition coefficient (Wildman–Crippen LogP) is 1.50. The zero-order chi connectivity index (χ0) is 12.5. The van der Waals surface area contributed by atoms with Crippen LogP contribution in [0.1, 0.15) is 31.9 Å². The molecule has 0 amide bonds. The fraction of sp³-hybridized carbons (Fsp3) is 0.667. The zero-order valence-electron chi connectivity index (χ0n) is 10.4. The van der Waals surface area contributed by atoms with Gasteiger partial charge >= 0.3 is 0 Å².